The van der Waals surface area contributed by atoms with E-state index in [1.54, 1.807) is 18.2 Å². The molecule has 0 aliphatic carbocycles. The molecule has 1 saturated heterocycles. The number of carbonyl (C=O) groups is 2. The molecule has 0 saturated carbocycles. The summed E-state index contributed by atoms with van der Waals surface area (Å²) >= 11 is 0. The standard InChI is InChI=1S/C30H40N4O5S/c1-4-5-18-29(36)34(32-30(37)26-17-12-19-31-26)27(20-24-13-8-6-9-14-24)28(35)22-33(21-23(2)3)40(38,39)25-15-10-7-11-16-25/h1,6-11,13-16,23,26-28,31,35H,5,12,17-22H2,2-3H3,(H,32,37)/t26?,27-,28+/m0/s1. The van der Waals surface area contributed by atoms with Gasteiger partial charge >= 0.3 is 0 Å². The first-order valence-electron chi connectivity index (χ1n) is 13.7. The maximum absolute atomic E-state index is 13.6. The molecule has 0 bridgehead atoms. The van der Waals surface area contributed by atoms with Crippen LogP contribution < -0.4 is 10.7 Å². The minimum Gasteiger partial charge on any atom is -0.390 e. The van der Waals surface area contributed by atoms with Gasteiger partial charge in [0.05, 0.1) is 23.1 Å². The van der Waals surface area contributed by atoms with Crippen LogP contribution in [0.4, 0.5) is 0 Å². The molecule has 9 nitrogen and oxygen atoms in total. The van der Waals surface area contributed by atoms with E-state index in [1.165, 1.54) is 21.4 Å². The molecule has 3 N–H and O–H groups in total. The molecule has 0 spiro atoms. The second-order valence-electron chi connectivity index (χ2n) is 10.4. The fourth-order valence-corrected chi connectivity index (χ4v) is 6.38. The summed E-state index contributed by atoms with van der Waals surface area (Å²) in [5.41, 5.74) is 3.55. The molecule has 1 heterocycles. The molecule has 2 amide bonds. The first-order chi connectivity index (χ1) is 19.1. The summed E-state index contributed by atoms with van der Waals surface area (Å²) in [5, 5.41) is 16.0. The van der Waals surface area contributed by atoms with Crippen LogP contribution in [0.3, 0.4) is 0 Å². The van der Waals surface area contributed by atoms with Crippen LogP contribution in [-0.4, -0.2) is 72.5 Å². The van der Waals surface area contributed by atoms with Crippen LogP contribution >= 0.6 is 0 Å². The molecular formula is C30H40N4O5S. The van der Waals surface area contributed by atoms with E-state index in [0.29, 0.717) is 13.0 Å². The van der Waals surface area contributed by atoms with Crippen molar-refractivity contribution in [2.45, 2.75) is 69.0 Å². The lowest BCUT2D eigenvalue weighted by molar-refractivity contribution is -0.148. The minimum atomic E-state index is -3.95. The Morgan fingerprint density at radius 1 is 1.10 bits per heavy atom. The van der Waals surface area contributed by atoms with Crippen LogP contribution in [0.25, 0.3) is 0 Å². The third-order valence-corrected chi connectivity index (χ3v) is 8.61. The zero-order valence-electron chi connectivity index (χ0n) is 23.2. The lowest BCUT2D eigenvalue weighted by atomic mass is 9.99. The van der Waals surface area contributed by atoms with Crippen molar-refractivity contribution in [2.24, 2.45) is 5.92 Å². The van der Waals surface area contributed by atoms with Crippen molar-refractivity contribution in [3.05, 3.63) is 66.2 Å². The number of carbonyl (C=O) groups excluding carboxylic acids is 2. The Bertz CT molecular complexity index is 1240. The van der Waals surface area contributed by atoms with E-state index in [0.717, 1.165) is 12.0 Å². The number of sulfonamides is 1. The van der Waals surface area contributed by atoms with Crippen LogP contribution in [0.15, 0.2) is 65.6 Å². The predicted molar refractivity (Wildman–Crippen MR) is 154 cm³/mol. The van der Waals surface area contributed by atoms with Crippen molar-refractivity contribution in [2.75, 3.05) is 19.6 Å². The van der Waals surface area contributed by atoms with Gasteiger partial charge in [0.1, 0.15) is 0 Å². The molecule has 1 fully saturated rings. The Kier molecular flexibility index (Phi) is 11.7. The zero-order valence-corrected chi connectivity index (χ0v) is 24.0. The number of rotatable bonds is 13. The van der Waals surface area contributed by atoms with Crippen molar-refractivity contribution < 1.29 is 23.1 Å². The van der Waals surface area contributed by atoms with Crippen molar-refractivity contribution in [1.29, 1.82) is 0 Å². The van der Waals surface area contributed by atoms with Crippen LogP contribution in [0.5, 0.6) is 0 Å². The lowest BCUT2D eigenvalue weighted by Crippen LogP contribution is -2.61. The monoisotopic (exact) mass is 568 g/mol. The predicted octanol–water partition coefficient (Wildman–Crippen LogP) is 2.33. The average molecular weight is 569 g/mol. The van der Waals surface area contributed by atoms with Gasteiger partial charge in [0.25, 0.3) is 5.91 Å². The van der Waals surface area contributed by atoms with E-state index in [9.17, 15) is 23.1 Å². The fraction of sp³-hybridized carbons (Fsp3) is 0.467. The summed E-state index contributed by atoms with van der Waals surface area (Å²) in [6.07, 6.45) is 5.85. The van der Waals surface area contributed by atoms with Gasteiger partial charge in [-0.3, -0.25) is 15.0 Å². The van der Waals surface area contributed by atoms with Gasteiger partial charge in [-0.1, -0.05) is 62.4 Å². The van der Waals surface area contributed by atoms with Gasteiger partial charge in [-0.15, -0.1) is 12.3 Å². The molecule has 10 heteroatoms. The number of hydrogen-bond donors (Lipinski definition) is 3. The van der Waals surface area contributed by atoms with E-state index in [-0.39, 0.29) is 49.1 Å². The molecule has 2 aromatic rings. The van der Waals surface area contributed by atoms with Gasteiger partial charge in [0, 0.05) is 25.9 Å². The Morgan fingerprint density at radius 2 is 1.75 bits per heavy atom. The summed E-state index contributed by atoms with van der Waals surface area (Å²) in [6, 6.07) is 15.9. The SMILES string of the molecule is C#CCCC(=O)N(NC(=O)C1CCCN1)[C@@H](Cc1ccccc1)[C@H](O)CN(CC(C)C)S(=O)(=O)c1ccccc1. The zero-order chi connectivity index (χ0) is 29.1. The smallest absolute Gasteiger partial charge is 0.255 e. The molecule has 216 valence electrons. The van der Waals surface area contributed by atoms with Crippen LogP contribution in [-0.2, 0) is 26.0 Å². The van der Waals surface area contributed by atoms with Crippen molar-refractivity contribution in [3.8, 4) is 12.3 Å². The first-order valence-corrected chi connectivity index (χ1v) is 15.1. The van der Waals surface area contributed by atoms with Gasteiger partial charge in [-0.2, -0.15) is 4.31 Å². The van der Waals surface area contributed by atoms with Crippen molar-refractivity contribution in [1.82, 2.24) is 20.1 Å². The van der Waals surface area contributed by atoms with Gasteiger partial charge in [0.15, 0.2) is 0 Å². The fourth-order valence-electron chi connectivity index (χ4n) is 4.74. The second-order valence-corrected chi connectivity index (χ2v) is 12.4. The van der Waals surface area contributed by atoms with E-state index >= 15 is 0 Å². The highest BCUT2D eigenvalue weighted by Gasteiger charge is 2.36. The first kappa shape index (κ1) is 31.3. The maximum atomic E-state index is 13.6. The van der Waals surface area contributed by atoms with Gasteiger partial charge in [-0.25, -0.2) is 13.4 Å². The summed E-state index contributed by atoms with van der Waals surface area (Å²) in [4.78, 5) is 26.7. The third kappa shape index (κ3) is 8.63. The summed E-state index contributed by atoms with van der Waals surface area (Å²) in [5.74, 6) is 1.59. The van der Waals surface area contributed by atoms with E-state index in [1.807, 2.05) is 44.2 Å². The number of terminal acetylenes is 1. The number of hydrogen-bond acceptors (Lipinski definition) is 6. The Hall–Kier alpha value is -3.23. The van der Waals surface area contributed by atoms with E-state index < -0.39 is 34.1 Å². The minimum absolute atomic E-state index is 0.0280. The number of nitrogens with zero attached hydrogens (tertiary/aromatic N) is 2. The van der Waals surface area contributed by atoms with E-state index in [4.69, 9.17) is 6.42 Å². The molecule has 0 radical (unpaired) electrons. The maximum Gasteiger partial charge on any atom is 0.255 e. The molecule has 3 atom stereocenters. The summed E-state index contributed by atoms with van der Waals surface area (Å²) in [6.45, 7) is 4.37. The highest BCUT2D eigenvalue weighted by Crippen LogP contribution is 2.21. The summed E-state index contributed by atoms with van der Waals surface area (Å²) in [7, 11) is -3.95. The highest BCUT2D eigenvalue weighted by atomic mass is 32.2. The second kappa shape index (κ2) is 15.0. The van der Waals surface area contributed by atoms with Gasteiger partial charge in [-0.05, 0) is 49.4 Å². The number of aliphatic hydroxyl groups excluding tert-OH is 1. The van der Waals surface area contributed by atoms with Gasteiger partial charge in [0.2, 0.25) is 15.9 Å². The molecular weight excluding hydrogens is 528 g/mol. The topological polar surface area (TPSA) is 119 Å². The highest BCUT2D eigenvalue weighted by molar-refractivity contribution is 7.89. The Morgan fingerprint density at radius 3 is 2.33 bits per heavy atom. The van der Waals surface area contributed by atoms with Crippen LogP contribution in [0.2, 0.25) is 0 Å². The molecule has 2 aromatic carbocycles. The molecule has 3 rings (SSSR count). The number of hydrazine groups is 1. The Balaban J connectivity index is 1.98. The normalized spacial score (nSPS) is 16.9. The van der Waals surface area contributed by atoms with Crippen molar-refractivity contribution in [3.63, 3.8) is 0 Å². The van der Waals surface area contributed by atoms with Gasteiger partial charge < -0.3 is 10.4 Å². The molecule has 1 aliphatic heterocycles. The largest absolute Gasteiger partial charge is 0.390 e. The summed E-state index contributed by atoms with van der Waals surface area (Å²) < 4.78 is 28.5. The Labute approximate surface area is 238 Å². The quantitative estimate of drug-likeness (QED) is 0.252. The number of benzene rings is 2. The van der Waals surface area contributed by atoms with Crippen molar-refractivity contribution >= 4 is 21.8 Å². The van der Waals surface area contributed by atoms with E-state index in [2.05, 4.69) is 16.7 Å². The molecule has 1 aliphatic rings. The lowest BCUT2D eigenvalue weighted by Gasteiger charge is -2.37. The number of amides is 2. The average Bonchev–Trinajstić information content (AvgIpc) is 3.49. The molecule has 0 aromatic heterocycles. The van der Waals surface area contributed by atoms with Crippen LogP contribution in [0, 0.1) is 18.3 Å². The molecule has 1 unspecified atom stereocenters. The number of aliphatic hydroxyl groups is 1. The number of nitrogens with one attached hydrogen (secondary N) is 2. The molecule has 40 heavy (non-hydrogen) atoms. The van der Waals surface area contributed by atoms with Crippen LogP contribution in [0.1, 0.15) is 45.1 Å². The third-order valence-electron chi connectivity index (χ3n) is 6.76.